The number of para-hydroxylation sites is 1. The fourth-order valence-corrected chi connectivity index (χ4v) is 5.40. The zero-order chi connectivity index (χ0) is 21.2. The van der Waals surface area contributed by atoms with Gasteiger partial charge >= 0.3 is 0 Å². The lowest BCUT2D eigenvalue weighted by Crippen LogP contribution is -2.65. The first-order chi connectivity index (χ1) is 15.0. The monoisotopic (exact) mass is 404 g/mol. The van der Waals surface area contributed by atoms with Crippen LogP contribution in [0.15, 0.2) is 96.0 Å². The molecule has 152 valence electrons. The summed E-state index contributed by atoms with van der Waals surface area (Å²) < 4.78 is 7.06. The molecule has 2 aliphatic rings. The van der Waals surface area contributed by atoms with Gasteiger partial charge in [-0.3, -0.25) is 0 Å². The van der Waals surface area contributed by atoms with E-state index in [1.807, 2.05) is 6.07 Å². The highest BCUT2D eigenvalue weighted by molar-refractivity contribution is 6.15. The highest BCUT2D eigenvalue weighted by Crippen LogP contribution is 2.56. The minimum Gasteiger partial charge on any atom is -0.459 e. The van der Waals surface area contributed by atoms with Crippen molar-refractivity contribution in [3.63, 3.8) is 0 Å². The van der Waals surface area contributed by atoms with E-state index in [-0.39, 0.29) is 5.41 Å². The van der Waals surface area contributed by atoms with Crippen LogP contribution in [0.3, 0.4) is 0 Å². The van der Waals surface area contributed by atoms with Crippen molar-refractivity contribution < 1.29 is 4.74 Å². The van der Waals surface area contributed by atoms with Gasteiger partial charge in [-0.15, -0.1) is 0 Å². The number of nitrogens with zero attached hydrogens (tertiary/aromatic N) is 2. The summed E-state index contributed by atoms with van der Waals surface area (Å²) in [6.07, 6.45) is 0. The van der Waals surface area contributed by atoms with Gasteiger partial charge in [-0.1, -0.05) is 78.9 Å². The fraction of sp³-hybridized carbons (Fsp3) is 0.179. The third-order valence-electron chi connectivity index (χ3n) is 6.97. The summed E-state index contributed by atoms with van der Waals surface area (Å²) in [6.45, 7) is 4.53. The Morgan fingerprint density at radius 1 is 0.774 bits per heavy atom. The molecule has 0 radical (unpaired) electrons. The smallest absolute Gasteiger partial charge is 0.236 e. The van der Waals surface area contributed by atoms with Crippen molar-refractivity contribution in [3.05, 3.63) is 102 Å². The van der Waals surface area contributed by atoms with Gasteiger partial charge in [0, 0.05) is 23.7 Å². The maximum atomic E-state index is 7.06. The SMILES string of the molecule is CN1c2ccccc2C(C)(C)[C@]12Oc1ccc3ccccc3c1N=C2c1ccccc1. The molecule has 0 aromatic heterocycles. The summed E-state index contributed by atoms with van der Waals surface area (Å²) in [7, 11) is 2.12. The van der Waals surface area contributed by atoms with Crippen LogP contribution in [0, 0.1) is 0 Å². The van der Waals surface area contributed by atoms with Gasteiger partial charge in [-0.2, -0.15) is 0 Å². The molecular formula is C28H24N2O. The van der Waals surface area contributed by atoms with Crippen molar-refractivity contribution in [3.8, 4) is 5.75 Å². The first-order valence-electron chi connectivity index (χ1n) is 10.7. The Bertz CT molecular complexity index is 1360. The molecule has 0 bridgehead atoms. The molecule has 0 N–H and O–H groups in total. The first kappa shape index (κ1) is 18.2. The second-order valence-corrected chi connectivity index (χ2v) is 8.91. The van der Waals surface area contributed by atoms with Crippen LogP contribution in [-0.4, -0.2) is 18.5 Å². The van der Waals surface area contributed by atoms with E-state index in [1.165, 1.54) is 16.6 Å². The van der Waals surface area contributed by atoms with Crippen molar-refractivity contribution in [1.29, 1.82) is 0 Å². The molecule has 0 saturated heterocycles. The summed E-state index contributed by atoms with van der Waals surface area (Å²) >= 11 is 0. The van der Waals surface area contributed by atoms with Crippen molar-refractivity contribution in [2.45, 2.75) is 25.0 Å². The molecule has 1 atom stereocenters. The molecule has 1 spiro atoms. The molecule has 3 heteroatoms. The Hall–Kier alpha value is -3.59. The zero-order valence-electron chi connectivity index (χ0n) is 18.0. The van der Waals surface area contributed by atoms with E-state index >= 15 is 0 Å². The lowest BCUT2D eigenvalue weighted by molar-refractivity contribution is 0.0781. The summed E-state index contributed by atoms with van der Waals surface area (Å²) in [5.74, 6) is 0.825. The number of hydrogen-bond donors (Lipinski definition) is 0. The Morgan fingerprint density at radius 3 is 2.29 bits per heavy atom. The molecule has 2 aliphatic heterocycles. The number of ether oxygens (including phenoxy) is 1. The first-order valence-corrected chi connectivity index (χ1v) is 10.7. The average molecular weight is 405 g/mol. The van der Waals surface area contributed by atoms with Crippen LogP contribution < -0.4 is 9.64 Å². The predicted octanol–water partition coefficient (Wildman–Crippen LogP) is 6.48. The molecule has 0 aliphatic carbocycles. The Kier molecular flexibility index (Phi) is 3.64. The molecule has 2 heterocycles. The third-order valence-corrected chi connectivity index (χ3v) is 6.97. The van der Waals surface area contributed by atoms with E-state index in [1.54, 1.807) is 0 Å². The van der Waals surface area contributed by atoms with Crippen molar-refractivity contribution in [2.24, 2.45) is 4.99 Å². The number of benzene rings is 4. The Labute approximate surface area is 182 Å². The second-order valence-electron chi connectivity index (χ2n) is 8.91. The minimum atomic E-state index is -0.756. The summed E-state index contributed by atoms with van der Waals surface area (Å²) in [5, 5.41) is 2.28. The van der Waals surface area contributed by atoms with Crippen LogP contribution in [0.5, 0.6) is 5.75 Å². The van der Waals surface area contributed by atoms with Crippen molar-refractivity contribution in [1.82, 2.24) is 0 Å². The number of rotatable bonds is 1. The highest BCUT2D eigenvalue weighted by Gasteiger charge is 2.62. The number of hydrogen-bond acceptors (Lipinski definition) is 3. The molecule has 0 amide bonds. The zero-order valence-corrected chi connectivity index (χ0v) is 18.0. The second kappa shape index (κ2) is 6.21. The van der Waals surface area contributed by atoms with E-state index in [0.717, 1.165) is 28.1 Å². The van der Waals surface area contributed by atoms with Crippen molar-refractivity contribution in [2.75, 3.05) is 11.9 Å². The molecule has 4 aromatic rings. The maximum Gasteiger partial charge on any atom is 0.236 e. The molecule has 6 rings (SSSR count). The van der Waals surface area contributed by atoms with Crippen LogP contribution in [0.25, 0.3) is 10.8 Å². The minimum absolute atomic E-state index is 0.323. The average Bonchev–Trinajstić information content (AvgIpc) is 2.98. The van der Waals surface area contributed by atoms with Gasteiger partial charge in [-0.05, 0) is 36.9 Å². The Morgan fingerprint density at radius 2 is 1.48 bits per heavy atom. The third kappa shape index (κ3) is 2.26. The number of fused-ring (bicyclic) bond motifs is 4. The van der Waals surface area contributed by atoms with Gasteiger partial charge in [-0.25, -0.2) is 4.99 Å². The fourth-order valence-electron chi connectivity index (χ4n) is 5.40. The lowest BCUT2D eigenvalue weighted by Gasteiger charge is -2.48. The van der Waals surface area contributed by atoms with Gasteiger partial charge in [0.05, 0.1) is 5.41 Å². The molecule has 0 fully saturated rings. The molecule has 31 heavy (non-hydrogen) atoms. The van der Waals surface area contributed by atoms with E-state index in [4.69, 9.17) is 9.73 Å². The quantitative estimate of drug-likeness (QED) is 0.363. The van der Waals surface area contributed by atoms with E-state index < -0.39 is 5.72 Å². The number of aliphatic imine (C=N–C) groups is 1. The number of anilines is 1. The summed E-state index contributed by atoms with van der Waals surface area (Å²) in [6, 6.07) is 31.6. The van der Waals surface area contributed by atoms with E-state index in [0.29, 0.717) is 0 Å². The number of likely N-dealkylation sites (N-methyl/N-ethyl adjacent to an activating group) is 1. The van der Waals surface area contributed by atoms with Crippen LogP contribution in [0.1, 0.15) is 25.0 Å². The largest absolute Gasteiger partial charge is 0.459 e. The van der Waals surface area contributed by atoms with Crippen molar-refractivity contribution >= 4 is 27.9 Å². The van der Waals surface area contributed by atoms with Gasteiger partial charge in [0.2, 0.25) is 5.72 Å². The van der Waals surface area contributed by atoms with Gasteiger partial charge in [0.1, 0.15) is 17.1 Å². The highest BCUT2D eigenvalue weighted by atomic mass is 16.5. The van der Waals surface area contributed by atoms with E-state index in [2.05, 4.69) is 111 Å². The Balaban J connectivity index is 1.70. The maximum absolute atomic E-state index is 7.06. The standard InChI is InChI=1S/C28H24N2O/c1-27(2)22-15-9-10-16-23(22)30(3)28(27)26(20-12-5-4-6-13-20)29-25-21-14-8-7-11-19(21)17-18-24(25)31-28/h4-18H,1-3H3/t28-/m0/s1. The summed E-state index contributed by atoms with van der Waals surface area (Å²) in [5.41, 5.74) is 4.30. The van der Waals surface area contributed by atoms with Gasteiger partial charge in [0.15, 0.2) is 0 Å². The normalized spacial score (nSPS) is 20.9. The van der Waals surface area contributed by atoms with Crippen LogP contribution in [0.4, 0.5) is 11.4 Å². The van der Waals surface area contributed by atoms with Crippen LogP contribution in [0.2, 0.25) is 0 Å². The molecule has 3 nitrogen and oxygen atoms in total. The van der Waals surface area contributed by atoms with E-state index in [9.17, 15) is 0 Å². The predicted molar refractivity (Wildman–Crippen MR) is 128 cm³/mol. The molecule has 0 saturated carbocycles. The van der Waals surface area contributed by atoms with Crippen LogP contribution >= 0.6 is 0 Å². The molecular weight excluding hydrogens is 380 g/mol. The molecule has 4 aromatic carbocycles. The molecule has 0 unspecified atom stereocenters. The van der Waals surface area contributed by atoms with Gasteiger partial charge < -0.3 is 9.64 Å². The van der Waals surface area contributed by atoms with Crippen LogP contribution in [-0.2, 0) is 5.41 Å². The summed E-state index contributed by atoms with van der Waals surface area (Å²) in [4.78, 5) is 7.63. The topological polar surface area (TPSA) is 24.8 Å². The van der Waals surface area contributed by atoms with Gasteiger partial charge in [0.25, 0.3) is 0 Å². The lowest BCUT2D eigenvalue weighted by atomic mass is 9.73.